The molecule has 0 bridgehead atoms. The van der Waals surface area contributed by atoms with E-state index in [1.807, 2.05) is 23.6 Å². The molecule has 2 heterocycles. The number of halogens is 1. The van der Waals surface area contributed by atoms with Gasteiger partial charge in [-0.1, -0.05) is 56.6 Å². The molecule has 4 nitrogen and oxygen atoms in total. The zero-order chi connectivity index (χ0) is 21.4. The number of phenols is 1. The van der Waals surface area contributed by atoms with Gasteiger partial charge in [0.15, 0.2) is 0 Å². The summed E-state index contributed by atoms with van der Waals surface area (Å²) in [6.07, 6.45) is 0. The second kappa shape index (κ2) is 8.42. The SMILES string of the molecule is CCN(CC)CC(C)c1ccc(-c2c(O)cc(Cl)c3[nH]c(=O)c4sccc4c23)cc1. The Balaban J connectivity index is 1.84. The van der Waals surface area contributed by atoms with Gasteiger partial charge in [-0.15, -0.1) is 11.3 Å². The van der Waals surface area contributed by atoms with Crippen LogP contribution in [0.15, 0.2) is 46.6 Å². The van der Waals surface area contributed by atoms with Crippen molar-refractivity contribution in [3.63, 3.8) is 0 Å². The lowest BCUT2D eigenvalue weighted by Crippen LogP contribution is -2.27. The molecule has 4 aromatic rings. The van der Waals surface area contributed by atoms with Crippen LogP contribution in [0.5, 0.6) is 5.75 Å². The fourth-order valence-corrected chi connectivity index (χ4v) is 5.17. The van der Waals surface area contributed by atoms with Crippen molar-refractivity contribution in [1.29, 1.82) is 0 Å². The number of likely N-dealkylation sites (N-methyl/N-ethyl adjacent to an activating group) is 1. The van der Waals surface area contributed by atoms with Crippen molar-refractivity contribution in [2.45, 2.75) is 26.7 Å². The van der Waals surface area contributed by atoms with Crippen LogP contribution < -0.4 is 5.56 Å². The van der Waals surface area contributed by atoms with Crippen molar-refractivity contribution < 1.29 is 5.11 Å². The average molecular weight is 441 g/mol. The summed E-state index contributed by atoms with van der Waals surface area (Å²) in [4.78, 5) is 17.7. The van der Waals surface area contributed by atoms with Gasteiger partial charge in [0.05, 0.1) is 10.5 Å². The largest absolute Gasteiger partial charge is 0.507 e. The molecule has 2 N–H and O–H groups in total. The van der Waals surface area contributed by atoms with Gasteiger partial charge in [0.25, 0.3) is 5.56 Å². The number of hydrogen-bond acceptors (Lipinski definition) is 4. The number of aromatic amines is 1. The van der Waals surface area contributed by atoms with Gasteiger partial charge in [0, 0.05) is 28.9 Å². The van der Waals surface area contributed by atoms with Crippen molar-refractivity contribution in [2.24, 2.45) is 0 Å². The third-order valence-corrected chi connectivity index (χ3v) is 7.04. The van der Waals surface area contributed by atoms with Crippen LogP contribution in [0, 0.1) is 0 Å². The van der Waals surface area contributed by atoms with E-state index < -0.39 is 0 Å². The molecule has 0 amide bonds. The molecule has 2 aromatic carbocycles. The maximum Gasteiger partial charge on any atom is 0.266 e. The standard InChI is InChI=1S/C24H25ClN2O2S/c1-4-27(5-2)13-14(3)15-6-8-16(9-7-15)20-19(28)12-18(25)22-21(20)17-10-11-30-23(17)24(29)26-22/h6-12,14,28H,4-5,13H2,1-3H3,(H,26,29). The van der Waals surface area contributed by atoms with Crippen molar-refractivity contribution in [3.8, 4) is 16.9 Å². The topological polar surface area (TPSA) is 56.3 Å². The van der Waals surface area contributed by atoms with Crippen LogP contribution in [-0.2, 0) is 0 Å². The lowest BCUT2D eigenvalue weighted by Gasteiger charge is -2.23. The van der Waals surface area contributed by atoms with E-state index in [0.29, 0.717) is 26.7 Å². The summed E-state index contributed by atoms with van der Waals surface area (Å²) in [6.45, 7) is 9.70. The maximum atomic E-state index is 12.4. The highest BCUT2D eigenvalue weighted by Crippen LogP contribution is 2.42. The van der Waals surface area contributed by atoms with Crippen LogP contribution in [0.25, 0.3) is 32.1 Å². The third-order valence-electron chi connectivity index (χ3n) is 5.83. The van der Waals surface area contributed by atoms with Crippen LogP contribution >= 0.6 is 22.9 Å². The van der Waals surface area contributed by atoms with E-state index in [-0.39, 0.29) is 11.3 Å². The lowest BCUT2D eigenvalue weighted by molar-refractivity contribution is 0.288. The molecule has 0 fully saturated rings. The summed E-state index contributed by atoms with van der Waals surface area (Å²) in [7, 11) is 0. The molecule has 0 aliphatic heterocycles. The minimum absolute atomic E-state index is 0.107. The second-order valence-corrected chi connectivity index (χ2v) is 8.95. The molecular formula is C24H25ClN2O2S. The molecule has 4 rings (SSSR count). The summed E-state index contributed by atoms with van der Waals surface area (Å²) in [5.41, 5.74) is 3.24. The summed E-state index contributed by atoms with van der Waals surface area (Å²) in [5.74, 6) is 0.519. The van der Waals surface area contributed by atoms with E-state index in [1.54, 1.807) is 0 Å². The van der Waals surface area contributed by atoms with Gasteiger partial charge in [0.2, 0.25) is 0 Å². The number of fused-ring (bicyclic) bond motifs is 3. The Bertz CT molecular complexity index is 1260. The number of aromatic hydroxyl groups is 1. The summed E-state index contributed by atoms with van der Waals surface area (Å²) in [5, 5.41) is 14.6. The first-order chi connectivity index (χ1) is 14.4. The number of phenolic OH excluding ortho intramolecular Hbond substituents is 1. The Morgan fingerprint density at radius 2 is 1.87 bits per heavy atom. The minimum atomic E-state index is -0.161. The molecule has 0 saturated heterocycles. The molecule has 0 aliphatic carbocycles. The minimum Gasteiger partial charge on any atom is -0.507 e. The number of benzene rings is 2. The molecule has 30 heavy (non-hydrogen) atoms. The Labute approximate surface area is 184 Å². The van der Waals surface area contributed by atoms with Crippen LogP contribution in [0.1, 0.15) is 32.3 Å². The van der Waals surface area contributed by atoms with Gasteiger partial charge >= 0.3 is 0 Å². The second-order valence-electron chi connectivity index (χ2n) is 7.63. The molecule has 0 radical (unpaired) electrons. The van der Waals surface area contributed by atoms with Gasteiger partial charge in [-0.3, -0.25) is 4.79 Å². The number of H-pyrrole nitrogens is 1. The van der Waals surface area contributed by atoms with E-state index in [2.05, 4.69) is 42.8 Å². The van der Waals surface area contributed by atoms with Crippen LogP contribution in [0.2, 0.25) is 5.02 Å². The van der Waals surface area contributed by atoms with E-state index in [4.69, 9.17) is 11.6 Å². The van der Waals surface area contributed by atoms with Gasteiger partial charge < -0.3 is 15.0 Å². The molecule has 6 heteroatoms. The predicted molar refractivity (Wildman–Crippen MR) is 128 cm³/mol. The highest BCUT2D eigenvalue weighted by atomic mass is 35.5. The lowest BCUT2D eigenvalue weighted by atomic mass is 9.94. The summed E-state index contributed by atoms with van der Waals surface area (Å²) < 4.78 is 0.634. The molecule has 2 aromatic heterocycles. The van der Waals surface area contributed by atoms with Crippen molar-refractivity contribution in [2.75, 3.05) is 19.6 Å². The molecular weight excluding hydrogens is 416 g/mol. The molecule has 0 aliphatic rings. The van der Waals surface area contributed by atoms with Gasteiger partial charge in [-0.25, -0.2) is 0 Å². The van der Waals surface area contributed by atoms with E-state index in [0.717, 1.165) is 36.0 Å². The number of pyridine rings is 1. The van der Waals surface area contributed by atoms with Gasteiger partial charge in [-0.2, -0.15) is 0 Å². The van der Waals surface area contributed by atoms with Crippen molar-refractivity contribution in [1.82, 2.24) is 9.88 Å². The van der Waals surface area contributed by atoms with Crippen molar-refractivity contribution >= 4 is 43.9 Å². The molecule has 1 unspecified atom stereocenters. The quantitative estimate of drug-likeness (QED) is 0.374. The number of nitrogens with one attached hydrogen (secondary N) is 1. The number of hydrogen-bond donors (Lipinski definition) is 2. The fourth-order valence-electron chi connectivity index (χ4n) is 4.13. The zero-order valence-corrected chi connectivity index (χ0v) is 18.9. The first-order valence-electron chi connectivity index (χ1n) is 10.2. The third kappa shape index (κ3) is 3.62. The number of thiophene rings is 1. The smallest absolute Gasteiger partial charge is 0.266 e. The highest BCUT2D eigenvalue weighted by Gasteiger charge is 2.18. The molecule has 156 valence electrons. The normalized spacial score (nSPS) is 12.8. The van der Waals surface area contributed by atoms with Crippen LogP contribution in [0.4, 0.5) is 0 Å². The first-order valence-corrected chi connectivity index (χ1v) is 11.5. The number of nitrogens with zero attached hydrogens (tertiary/aromatic N) is 1. The van der Waals surface area contributed by atoms with E-state index in [1.165, 1.54) is 23.0 Å². The predicted octanol–water partition coefficient (Wildman–Crippen LogP) is 6.21. The van der Waals surface area contributed by atoms with Crippen LogP contribution in [-0.4, -0.2) is 34.6 Å². The average Bonchev–Trinajstić information content (AvgIpc) is 3.24. The first kappa shape index (κ1) is 20.9. The van der Waals surface area contributed by atoms with Gasteiger partial charge in [-0.05, 0) is 41.6 Å². The fraction of sp³-hybridized carbons (Fsp3) is 0.292. The monoisotopic (exact) mass is 440 g/mol. The van der Waals surface area contributed by atoms with E-state index >= 15 is 0 Å². The number of aromatic nitrogens is 1. The zero-order valence-electron chi connectivity index (χ0n) is 17.3. The Hall–Kier alpha value is -2.34. The van der Waals surface area contributed by atoms with Crippen LogP contribution in [0.3, 0.4) is 0 Å². The summed E-state index contributed by atoms with van der Waals surface area (Å²) in [6, 6.07) is 11.8. The molecule has 0 spiro atoms. The maximum absolute atomic E-state index is 12.4. The highest BCUT2D eigenvalue weighted by molar-refractivity contribution is 7.17. The van der Waals surface area contributed by atoms with E-state index in [9.17, 15) is 9.90 Å². The Morgan fingerprint density at radius 1 is 1.17 bits per heavy atom. The molecule has 0 saturated carbocycles. The summed E-state index contributed by atoms with van der Waals surface area (Å²) >= 11 is 7.76. The Kier molecular flexibility index (Phi) is 5.87. The van der Waals surface area contributed by atoms with Gasteiger partial charge in [0.1, 0.15) is 10.4 Å². The molecule has 1 atom stereocenters. The Morgan fingerprint density at radius 3 is 2.53 bits per heavy atom. The van der Waals surface area contributed by atoms with Crippen molar-refractivity contribution in [3.05, 3.63) is 62.7 Å². The number of rotatable bonds is 6.